The summed E-state index contributed by atoms with van der Waals surface area (Å²) in [6.07, 6.45) is 1.94. The van der Waals surface area contributed by atoms with Crippen LogP contribution in [0.4, 0.5) is 14.5 Å². The Morgan fingerprint density at radius 1 is 1.37 bits per heavy atom. The number of anilines is 1. The summed E-state index contributed by atoms with van der Waals surface area (Å²) >= 11 is 4.60. The minimum absolute atomic E-state index is 0.0940. The van der Waals surface area contributed by atoms with Crippen LogP contribution >= 0.6 is 12.2 Å². The monoisotopic (exact) mass is 285 g/mol. The van der Waals surface area contributed by atoms with Gasteiger partial charge in [-0.2, -0.15) is 0 Å². The predicted octanol–water partition coefficient (Wildman–Crippen LogP) is 1.29. The van der Waals surface area contributed by atoms with Crippen LogP contribution in [0.15, 0.2) is 12.1 Å². The summed E-state index contributed by atoms with van der Waals surface area (Å²) in [5.41, 5.74) is 5.01. The van der Waals surface area contributed by atoms with Gasteiger partial charge in [-0.05, 0) is 25.0 Å². The largest absolute Gasteiger partial charge is 0.389 e. The van der Waals surface area contributed by atoms with Gasteiger partial charge in [0.1, 0.15) is 4.99 Å². The van der Waals surface area contributed by atoms with E-state index in [4.69, 9.17) is 5.73 Å². The summed E-state index contributed by atoms with van der Waals surface area (Å²) < 4.78 is 27.2. The molecule has 102 valence electrons. The van der Waals surface area contributed by atoms with Gasteiger partial charge in [0.05, 0.1) is 12.2 Å². The van der Waals surface area contributed by atoms with Crippen LogP contribution in [0.3, 0.4) is 0 Å². The van der Waals surface area contributed by atoms with E-state index in [1.807, 2.05) is 0 Å². The van der Waals surface area contributed by atoms with Crippen LogP contribution in [0, 0.1) is 11.6 Å². The van der Waals surface area contributed by atoms with Gasteiger partial charge >= 0.3 is 0 Å². The maximum Gasteiger partial charge on any atom is 0.239 e. The highest BCUT2D eigenvalue weighted by Crippen LogP contribution is 2.21. The first-order chi connectivity index (χ1) is 8.99. The smallest absolute Gasteiger partial charge is 0.239 e. The molecule has 1 aromatic carbocycles. The molecule has 0 bridgehead atoms. The van der Waals surface area contributed by atoms with E-state index < -0.39 is 11.6 Å². The summed E-state index contributed by atoms with van der Waals surface area (Å²) in [4.78, 5) is 11.2. The van der Waals surface area contributed by atoms with Crippen molar-refractivity contribution < 1.29 is 13.6 Å². The first-order valence-corrected chi connectivity index (χ1v) is 6.21. The Bertz CT molecular complexity index is 532. The van der Waals surface area contributed by atoms with E-state index in [0.29, 0.717) is 0 Å². The number of amides is 1. The van der Waals surface area contributed by atoms with Crippen molar-refractivity contribution >= 4 is 28.8 Å². The van der Waals surface area contributed by atoms with Gasteiger partial charge in [-0.3, -0.25) is 4.79 Å². The second-order valence-corrected chi connectivity index (χ2v) is 4.79. The molecule has 1 amide bonds. The summed E-state index contributed by atoms with van der Waals surface area (Å²) in [5, 5.41) is 5.27. The van der Waals surface area contributed by atoms with Crippen LogP contribution in [-0.2, 0) is 4.79 Å². The number of thiocarbonyl (C=S) groups is 1. The van der Waals surface area contributed by atoms with E-state index in [9.17, 15) is 13.6 Å². The van der Waals surface area contributed by atoms with Gasteiger partial charge in [0.15, 0.2) is 11.6 Å². The molecule has 0 aliphatic heterocycles. The molecular formula is C12H13F2N3OS. The quantitative estimate of drug-likeness (QED) is 0.713. The van der Waals surface area contributed by atoms with Gasteiger partial charge in [-0.15, -0.1) is 0 Å². The average Bonchev–Trinajstić information content (AvgIpc) is 3.14. The van der Waals surface area contributed by atoms with Crippen LogP contribution in [0.1, 0.15) is 18.4 Å². The lowest BCUT2D eigenvalue weighted by molar-refractivity contribution is -0.119. The van der Waals surface area contributed by atoms with E-state index >= 15 is 0 Å². The van der Waals surface area contributed by atoms with Crippen molar-refractivity contribution in [1.29, 1.82) is 0 Å². The molecule has 0 spiro atoms. The minimum atomic E-state index is -1.11. The fourth-order valence-electron chi connectivity index (χ4n) is 1.56. The van der Waals surface area contributed by atoms with Crippen molar-refractivity contribution in [2.75, 3.05) is 11.9 Å². The molecule has 1 aliphatic rings. The topological polar surface area (TPSA) is 67.1 Å². The average molecular weight is 285 g/mol. The Labute approximate surface area is 114 Å². The van der Waals surface area contributed by atoms with Gasteiger partial charge in [0.25, 0.3) is 0 Å². The van der Waals surface area contributed by atoms with E-state index in [1.165, 1.54) is 12.1 Å². The molecule has 0 unspecified atom stereocenters. The third-order valence-electron chi connectivity index (χ3n) is 2.73. The SMILES string of the molecule is NC(=S)c1ccc(NCC(=O)NC2CC2)c(F)c1F. The second kappa shape index (κ2) is 5.48. The van der Waals surface area contributed by atoms with Crippen LogP contribution in [0.2, 0.25) is 0 Å². The van der Waals surface area contributed by atoms with Crippen molar-refractivity contribution in [2.24, 2.45) is 5.73 Å². The lowest BCUT2D eigenvalue weighted by Crippen LogP contribution is -2.31. The van der Waals surface area contributed by atoms with Crippen LogP contribution < -0.4 is 16.4 Å². The number of carbonyl (C=O) groups is 1. The number of nitrogens with two attached hydrogens (primary N) is 1. The molecule has 0 saturated heterocycles. The first-order valence-electron chi connectivity index (χ1n) is 5.80. The molecule has 1 fully saturated rings. The van der Waals surface area contributed by atoms with Crippen molar-refractivity contribution in [3.8, 4) is 0 Å². The lowest BCUT2D eigenvalue weighted by Gasteiger charge is -2.10. The number of hydrogen-bond acceptors (Lipinski definition) is 3. The van der Waals surface area contributed by atoms with Gasteiger partial charge in [0, 0.05) is 11.6 Å². The number of nitrogens with one attached hydrogen (secondary N) is 2. The molecule has 0 radical (unpaired) electrons. The lowest BCUT2D eigenvalue weighted by atomic mass is 10.2. The highest BCUT2D eigenvalue weighted by Gasteiger charge is 2.23. The zero-order valence-electron chi connectivity index (χ0n) is 10.0. The highest BCUT2D eigenvalue weighted by molar-refractivity contribution is 7.80. The van der Waals surface area contributed by atoms with Gasteiger partial charge in [-0.25, -0.2) is 8.78 Å². The number of carbonyl (C=O) groups excluding carboxylic acids is 1. The number of hydrogen-bond donors (Lipinski definition) is 3. The third kappa shape index (κ3) is 3.37. The van der Waals surface area contributed by atoms with Gasteiger partial charge in [-0.1, -0.05) is 12.2 Å². The number of benzene rings is 1. The molecule has 2 rings (SSSR count). The summed E-state index contributed by atoms with van der Waals surface area (Å²) in [6, 6.07) is 2.81. The van der Waals surface area contributed by atoms with Crippen molar-refractivity contribution in [3.05, 3.63) is 29.3 Å². The van der Waals surface area contributed by atoms with E-state index in [2.05, 4.69) is 22.9 Å². The highest BCUT2D eigenvalue weighted by atomic mass is 32.1. The predicted molar refractivity (Wildman–Crippen MR) is 71.9 cm³/mol. The Balaban J connectivity index is 2.02. The van der Waals surface area contributed by atoms with E-state index in [1.54, 1.807) is 0 Å². The maximum absolute atomic E-state index is 13.7. The molecule has 1 aromatic rings. The number of halogens is 2. The molecule has 0 aromatic heterocycles. The molecule has 0 atom stereocenters. The zero-order chi connectivity index (χ0) is 14.0. The Kier molecular flexibility index (Phi) is 3.94. The fourth-order valence-corrected chi connectivity index (χ4v) is 1.72. The fraction of sp³-hybridized carbons (Fsp3) is 0.333. The summed E-state index contributed by atoms with van der Waals surface area (Å²) in [5.74, 6) is -2.45. The van der Waals surface area contributed by atoms with Crippen LogP contribution in [0.5, 0.6) is 0 Å². The second-order valence-electron chi connectivity index (χ2n) is 4.35. The molecular weight excluding hydrogens is 272 g/mol. The molecule has 0 heterocycles. The summed E-state index contributed by atoms with van der Waals surface area (Å²) in [6.45, 7) is -0.112. The first kappa shape index (κ1) is 13.7. The molecule has 19 heavy (non-hydrogen) atoms. The van der Waals surface area contributed by atoms with Crippen LogP contribution in [0.25, 0.3) is 0 Å². The summed E-state index contributed by atoms with van der Waals surface area (Å²) in [7, 11) is 0. The Morgan fingerprint density at radius 3 is 2.63 bits per heavy atom. The van der Waals surface area contributed by atoms with E-state index in [0.717, 1.165) is 12.8 Å². The molecule has 7 heteroatoms. The minimum Gasteiger partial charge on any atom is -0.389 e. The van der Waals surface area contributed by atoms with Crippen molar-refractivity contribution in [2.45, 2.75) is 18.9 Å². The Morgan fingerprint density at radius 2 is 2.05 bits per heavy atom. The number of rotatable bonds is 5. The van der Waals surface area contributed by atoms with E-state index in [-0.39, 0.29) is 34.7 Å². The van der Waals surface area contributed by atoms with Crippen LogP contribution in [-0.4, -0.2) is 23.5 Å². The standard InChI is InChI=1S/C12H13F2N3OS/c13-10-7(12(15)19)3-4-8(11(10)14)16-5-9(18)17-6-1-2-6/h3-4,6,16H,1-2,5H2,(H2,15,19)(H,17,18). The normalized spacial score (nSPS) is 14.0. The van der Waals surface area contributed by atoms with Gasteiger partial charge < -0.3 is 16.4 Å². The molecule has 1 aliphatic carbocycles. The molecule has 4 N–H and O–H groups in total. The molecule has 4 nitrogen and oxygen atoms in total. The van der Waals surface area contributed by atoms with Gasteiger partial charge in [0.2, 0.25) is 5.91 Å². The maximum atomic E-state index is 13.7. The van der Waals surface area contributed by atoms with Crippen molar-refractivity contribution in [1.82, 2.24) is 5.32 Å². The molecule has 1 saturated carbocycles. The Hall–Kier alpha value is -1.76. The zero-order valence-corrected chi connectivity index (χ0v) is 10.8. The third-order valence-corrected chi connectivity index (χ3v) is 2.95. The van der Waals surface area contributed by atoms with Crippen molar-refractivity contribution in [3.63, 3.8) is 0 Å².